The van der Waals surface area contributed by atoms with Gasteiger partial charge in [0.1, 0.15) is 0 Å². The molecule has 2 heterocycles. The quantitative estimate of drug-likeness (QED) is 0.770. The molecule has 0 bridgehead atoms. The minimum atomic E-state index is 0.0484. The Morgan fingerprint density at radius 1 is 1.29 bits per heavy atom. The maximum atomic E-state index is 12.2. The highest BCUT2D eigenvalue weighted by Crippen LogP contribution is 2.31. The first-order valence-corrected chi connectivity index (χ1v) is 9.28. The summed E-state index contributed by atoms with van der Waals surface area (Å²) in [5.74, 6) is 1.25. The smallest absolute Gasteiger partial charge is 0.274 e. The van der Waals surface area contributed by atoms with E-state index in [4.69, 9.17) is 0 Å². The molecule has 124 valence electrons. The molecule has 4 heteroatoms. The van der Waals surface area contributed by atoms with Crippen molar-refractivity contribution in [2.24, 2.45) is 5.92 Å². The average molecular weight is 339 g/mol. The van der Waals surface area contributed by atoms with E-state index in [1.165, 1.54) is 5.56 Å². The van der Waals surface area contributed by atoms with Gasteiger partial charge in [-0.3, -0.25) is 9.69 Å². The molecule has 3 rings (SSSR count). The molecule has 1 aliphatic rings. The lowest BCUT2D eigenvalue weighted by Crippen LogP contribution is -2.47. The van der Waals surface area contributed by atoms with Crippen LogP contribution in [0.4, 0.5) is 0 Å². The number of rotatable bonds is 5. The van der Waals surface area contributed by atoms with E-state index in [1.807, 2.05) is 23.2 Å². The van der Waals surface area contributed by atoms with Crippen LogP contribution in [0, 0.1) is 5.92 Å². The molecule has 1 saturated heterocycles. The lowest BCUT2D eigenvalue weighted by molar-refractivity contribution is -0.714. The Morgan fingerprint density at radius 3 is 2.71 bits per heavy atom. The van der Waals surface area contributed by atoms with Crippen LogP contribution < -0.4 is 4.57 Å². The van der Waals surface area contributed by atoms with Gasteiger partial charge in [0, 0.05) is 18.2 Å². The SMILES string of the molecule is C=Cc1ccc(-c2ccc[n+](C3SCC(=O)N3CC(C)C)c2)cc1. The van der Waals surface area contributed by atoms with Crippen LogP contribution in [0.1, 0.15) is 24.9 Å². The number of thioether (sulfide) groups is 1. The van der Waals surface area contributed by atoms with Crippen LogP contribution >= 0.6 is 11.8 Å². The van der Waals surface area contributed by atoms with E-state index in [0.29, 0.717) is 11.7 Å². The fraction of sp³-hybridized carbons (Fsp3) is 0.300. The normalized spacial score (nSPS) is 17.5. The molecule has 0 radical (unpaired) electrons. The van der Waals surface area contributed by atoms with E-state index in [1.54, 1.807) is 11.8 Å². The third-order valence-electron chi connectivity index (χ3n) is 4.06. The highest BCUT2D eigenvalue weighted by Gasteiger charge is 2.38. The van der Waals surface area contributed by atoms with Gasteiger partial charge in [0.15, 0.2) is 12.4 Å². The van der Waals surface area contributed by atoms with E-state index < -0.39 is 0 Å². The lowest BCUT2D eigenvalue weighted by atomic mass is 10.1. The zero-order valence-electron chi connectivity index (χ0n) is 14.2. The van der Waals surface area contributed by atoms with Gasteiger partial charge in [-0.05, 0) is 23.1 Å². The fourth-order valence-electron chi connectivity index (χ4n) is 2.89. The van der Waals surface area contributed by atoms with Crippen molar-refractivity contribution in [1.82, 2.24) is 4.90 Å². The Hall–Kier alpha value is -2.07. The van der Waals surface area contributed by atoms with Crippen molar-refractivity contribution in [2.75, 3.05) is 12.3 Å². The van der Waals surface area contributed by atoms with Crippen LogP contribution in [-0.4, -0.2) is 23.1 Å². The Morgan fingerprint density at radius 2 is 2.04 bits per heavy atom. The zero-order chi connectivity index (χ0) is 17.1. The summed E-state index contributed by atoms with van der Waals surface area (Å²) in [7, 11) is 0. The molecule has 0 spiro atoms. The number of hydrogen-bond acceptors (Lipinski definition) is 2. The first kappa shape index (κ1) is 16.8. The number of amides is 1. The third kappa shape index (κ3) is 3.54. The van der Waals surface area contributed by atoms with Gasteiger partial charge in [0.05, 0.1) is 5.75 Å². The minimum absolute atomic E-state index is 0.0484. The molecular formula is C20H23N2OS+. The van der Waals surface area contributed by atoms with Crippen molar-refractivity contribution in [3.63, 3.8) is 0 Å². The molecule has 0 saturated carbocycles. The molecule has 1 unspecified atom stereocenters. The monoisotopic (exact) mass is 339 g/mol. The number of carbonyl (C=O) groups is 1. The Kier molecular flexibility index (Phi) is 5.05. The largest absolute Gasteiger partial charge is 0.285 e. The fourth-order valence-corrected chi connectivity index (χ4v) is 4.03. The molecule has 1 fully saturated rings. The second-order valence-corrected chi connectivity index (χ2v) is 7.49. The predicted octanol–water partition coefficient (Wildman–Crippen LogP) is 3.97. The summed E-state index contributed by atoms with van der Waals surface area (Å²) >= 11 is 1.69. The second kappa shape index (κ2) is 7.22. The van der Waals surface area contributed by atoms with Gasteiger partial charge in [0.25, 0.3) is 5.50 Å². The van der Waals surface area contributed by atoms with Crippen molar-refractivity contribution in [3.05, 3.63) is 60.9 Å². The van der Waals surface area contributed by atoms with Crippen molar-refractivity contribution in [2.45, 2.75) is 19.3 Å². The van der Waals surface area contributed by atoms with E-state index in [0.717, 1.165) is 17.7 Å². The van der Waals surface area contributed by atoms with Gasteiger partial charge in [-0.1, -0.05) is 62.5 Å². The number of benzene rings is 1. The molecule has 24 heavy (non-hydrogen) atoms. The lowest BCUT2D eigenvalue weighted by Gasteiger charge is -2.21. The van der Waals surface area contributed by atoms with E-state index in [-0.39, 0.29) is 11.4 Å². The van der Waals surface area contributed by atoms with Crippen LogP contribution in [0.25, 0.3) is 17.2 Å². The van der Waals surface area contributed by atoms with Crippen LogP contribution in [-0.2, 0) is 4.79 Å². The van der Waals surface area contributed by atoms with Gasteiger partial charge in [0.2, 0.25) is 5.91 Å². The molecule has 1 aromatic carbocycles. The summed E-state index contributed by atoms with van der Waals surface area (Å²) in [5, 5.41) is 0. The Labute approximate surface area is 148 Å². The zero-order valence-corrected chi connectivity index (χ0v) is 15.0. The molecule has 1 aromatic heterocycles. The van der Waals surface area contributed by atoms with Gasteiger partial charge >= 0.3 is 0 Å². The van der Waals surface area contributed by atoms with Crippen LogP contribution in [0.3, 0.4) is 0 Å². The van der Waals surface area contributed by atoms with Gasteiger partial charge in [-0.25, -0.2) is 0 Å². The minimum Gasteiger partial charge on any atom is -0.274 e. The maximum Gasteiger partial charge on any atom is 0.285 e. The molecule has 0 N–H and O–H groups in total. The standard InChI is InChI=1S/C20H23N2OS/c1-4-16-7-9-17(10-8-16)18-6-5-11-21(13-18)20-22(12-15(2)3)19(23)14-24-20/h4-11,13,15,20H,1,12,14H2,2-3H3/q+1. The second-order valence-electron chi connectivity index (χ2n) is 6.44. The average Bonchev–Trinajstić information content (AvgIpc) is 2.95. The maximum absolute atomic E-state index is 12.2. The van der Waals surface area contributed by atoms with E-state index in [9.17, 15) is 4.79 Å². The number of nitrogens with zero attached hydrogens (tertiary/aromatic N) is 2. The molecule has 1 aliphatic heterocycles. The summed E-state index contributed by atoms with van der Waals surface area (Å²) in [5.41, 5.74) is 3.48. The summed E-state index contributed by atoms with van der Waals surface area (Å²) in [4.78, 5) is 14.2. The van der Waals surface area contributed by atoms with E-state index >= 15 is 0 Å². The van der Waals surface area contributed by atoms with E-state index in [2.05, 4.69) is 61.5 Å². The van der Waals surface area contributed by atoms with Gasteiger partial charge in [-0.15, -0.1) is 0 Å². The molecular weight excluding hydrogens is 316 g/mol. The number of hydrogen-bond donors (Lipinski definition) is 0. The van der Waals surface area contributed by atoms with Crippen molar-refractivity contribution in [3.8, 4) is 11.1 Å². The first-order valence-electron chi connectivity index (χ1n) is 8.23. The van der Waals surface area contributed by atoms with Crippen molar-refractivity contribution < 1.29 is 9.36 Å². The molecule has 2 aromatic rings. The number of carbonyl (C=O) groups excluding carboxylic acids is 1. The Bertz CT molecular complexity index is 740. The highest BCUT2D eigenvalue weighted by molar-refractivity contribution is 8.00. The molecule has 3 nitrogen and oxygen atoms in total. The molecule has 0 aliphatic carbocycles. The van der Waals surface area contributed by atoms with Gasteiger partial charge in [-0.2, -0.15) is 4.57 Å². The first-order chi connectivity index (χ1) is 11.6. The predicted molar refractivity (Wildman–Crippen MR) is 100 cm³/mol. The highest BCUT2D eigenvalue weighted by atomic mass is 32.2. The summed E-state index contributed by atoms with van der Waals surface area (Å²) in [6.07, 6.45) is 6.03. The van der Waals surface area contributed by atoms with Crippen LogP contribution in [0.2, 0.25) is 0 Å². The van der Waals surface area contributed by atoms with Gasteiger partial charge < -0.3 is 0 Å². The Balaban J connectivity index is 1.89. The molecule has 1 amide bonds. The third-order valence-corrected chi connectivity index (χ3v) is 5.27. The number of aromatic nitrogens is 1. The summed E-state index contributed by atoms with van der Waals surface area (Å²) < 4.78 is 2.15. The van der Waals surface area contributed by atoms with Crippen LogP contribution in [0.15, 0.2) is 55.4 Å². The topological polar surface area (TPSA) is 24.2 Å². The summed E-state index contributed by atoms with van der Waals surface area (Å²) in [6, 6.07) is 12.5. The van der Waals surface area contributed by atoms with Crippen molar-refractivity contribution in [1.29, 1.82) is 0 Å². The van der Waals surface area contributed by atoms with Crippen LogP contribution in [0.5, 0.6) is 0 Å². The number of pyridine rings is 1. The molecule has 1 atom stereocenters. The van der Waals surface area contributed by atoms with Crippen molar-refractivity contribution >= 4 is 23.7 Å². The summed E-state index contributed by atoms with van der Waals surface area (Å²) in [6.45, 7) is 8.88.